The monoisotopic (exact) mass is 421 g/mol. The van der Waals surface area contributed by atoms with Crippen molar-refractivity contribution in [2.24, 2.45) is 0 Å². The second-order valence-electron chi connectivity index (χ2n) is 6.57. The van der Waals surface area contributed by atoms with Crippen LogP contribution >= 0.6 is 0 Å². The molecule has 0 aliphatic carbocycles. The number of anilines is 1. The van der Waals surface area contributed by atoms with E-state index in [-0.39, 0.29) is 17.4 Å². The maximum absolute atomic E-state index is 12.8. The zero-order valence-electron chi connectivity index (χ0n) is 17.3. The number of carbonyl (C=O) groups excluding carboxylic acids is 3. The molecule has 0 N–H and O–H groups in total. The van der Waals surface area contributed by atoms with Crippen LogP contribution in [0.25, 0.3) is 0 Å². The van der Waals surface area contributed by atoms with Crippen LogP contribution in [0.2, 0.25) is 0 Å². The van der Waals surface area contributed by atoms with Crippen molar-refractivity contribution in [2.45, 2.75) is 46.4 Å². The highest BCUT2D eigenvalue weighted by molar-refractivity contribution is 6.02. The Morgan fingerprint density at radius 1 is 1.07 bits per heavy atom. The summed E-state index contributed by atoms with van der Waals surface area (Å²) in [5, 5.41) is 0. The predicted molar refractivity (Wildman–Crippen MR) is 99.6 cm³/mol. The van der Waals surface area contributed by atoms with Crippen LogP contribution in [-0.2, 0) is 23.9 Å². The molecular formula is C19H26F3NO6. The average molecular weight is 421 g/mol. The Hall–Kier alpha value is -2.78. The molecule has 0 atom stereocenters. The molecule has 0 radical (unpaired) electrons. The summed E-state index contributed by atoms with van der Waals surface area (Å²) in [5.41, 5.74) is -1.05. The molecule has 7 nitrogen and oxygen atoms in total. The fourth-order valence-electron chi connectivity index (χ4n) is 1.98. The lowest BCUT2D eigenvalue weighted by Crippen LogP contribution is -2.45. The number of alkyl halides is 3. The molecule has 0 fully saturated rings. The Kier molecular flexibility index (Phi) is 10.2. The second-order valence-corrected chi connectivity index (χ2v) is 6.57. The first-order valence-corrected chi connectivity index (χ1v) is 8.59. The van der Waals surface area contributed by atoms with Gasteiger partial charge in [0, 0.05) is 6.92 Å². The Bertz CT molecular complexity index is 698. The van der Waals surface area contributed by atoms with Crippen molar-refractivity contribution in [3.8, 4) is 5.75 Å². The van der Waals surface area contributed by atoms with E-state index in [2.05, 4.69) is 4.74 Å². The Morgan fingerprint density at radius 2 is 1.62 bits per heavy atom. The van der Waals surface area contributed by atoms with Gasteiger partial charge in [0.2, 0.25) is 0 Å². The number of benzene rings is 1. The number of methoxy groups -OCH3 is 1. The summed E-state index contributed by atoms with van der Waals surface area (Å²) < 4.78 is 52.8. The summed E-state index contributed by atoms with van der Waals surface area (Å²) in [4.78, 5) is 33.6. The van der Waals surface area contributed by atoms with Gasteiger partial charge in [0.05, 0.1) is 19.4 Å². The van der Waals surface area contributed by atoms with Crippen LogP contribution in [0.4, 0.5) is 18.9 Å². The van der Waals surface area contributed by atoms with Crippen LogP contribution in [0, 0.1) is 0 Å². The van der Waals surface area contributed by atoms with Crippen molar-refractivity contribution in [2.75, 3.05) is 25.2 Å². The minimum atomic E-state index is -5.14. The van der Waals surface area contributed by atoms with Crippen LogP contribution in [-0.4, -0.2) is 49.9 Å². The summed E-state index contributed by atoms with van der Waals surface area (Å²) in [5.74, 6) is -3.31. The number of amides is 1. The third kappa shape index (κ3) is 10.4. The van der Waals surface area contributed by atoms with Crippen molar-refractivity contribution >= 4 is 23.5 Å². The van der Waals surface area contributed by atoms with Gasteiger partial charge in [-0.25, -0.2) is 0 Å². The zero-order valence-corrected chi connectivity index (χ0v) is 17.3. The van der Waals surface area contributed by atoms with Crippen molar-refractivity contribution in [3.63, 3.8) is 0 Å². The number of esters is 2. The van der Waals surface area contributed by atoms with Gasteiger partial charge in [-0.3, -0.25) is 19.3 Å². The van der Waals surface area contributed by atoms with Crippen molar-refractivity contribution < 1.29 is 41.8 Å². The van der Waals surface area contributed by atoms with Gasteiger partial charge < -0.3 is 14.2 Å². The van der Waals surface area contributed by atoms with E-state index in [4.69, 9.17) is 9.47 Å². The first-order chi connectivity index (χ1) is 13.2. The van der Waals surface area contributed by atoms with Crippen molar-refractivity contribution in [1.29, 1.82) is 0 Å². The standard InChI is InChI=1S/C15H18F3NO4.C4H8O2/c1-14(2,3)23-12(20)9-19(13(21)15(16,17)18)10-7-5-6-8-11(10)22-4;1-3-6-4(2)5/h5-8H,9H2,1-4H3;3H2,1-2H3. The number of nitrogens with zero attached hydrogens (tertiary/aromatic N) is 1. The smallest absolute Gasteiger partial charge is 0.471 e. The van der Waals surface area contributed by atoms with E-state index in [1.165, 1.54) is 38.3 Å². The van der Waals surface area contributed by atoms with Gasteiger partial charge >= 0.3 is 24.0 Å². The minimum Gasteiger partial charge on any atom is -0.495 e. The van der Waals surface area contributed by atoms with E-state index >= 15 is 0 Å². The number of hydrogen-bond donors (Lipinski definition) is 0. The summed E-state index contributed by atoms with van der Waals surface area (Å²) >= 11 is 0. The van der Waals surface area contributed by atoms with Crippen LogP contribution in [0.1, 0.15) is 34.6 Å². The lowest BCUT2D eigenvalue weighted by atomic mass is 10.2. The molecule has 0 aliphatic rings. The maximum atomic E-state index is 12.8. The first-order valence-electron chi connectivity index (χ1n) is 8.59. The third-order valence-corrected chi connectivity index (χ3v) is 2.92. The molecule has 1 rings (SSSR count). The molecule has 0 heterocycles. The lowest BCUT2D eigenvalue weighted by Gasteiger charge is -2.26. The number of para-hydroxylation sites is 2. The first kappa shape index (κ1) is 26.2. The molecule has 0 aliphatic heterocycles. The highest BCUT2D eigenvalue weighted by Gasteiger charge is 2.44. The van der Waals surface area contributed by atoms with E-state index in [9.17, 15) is 27.6 Å². The molecular weight excluding hydrogens is 395 g/mol. The van der Waals surface area contributed by atoms with Gasteiger partial charge in [-0.15, -0.1) is 0 Å². The molecule has 0 bridgehead atoms. The molecule has 0 saturated heterocycles. The van der Waals surface area contributed by atoms with E-state index in [1.807, 2.05) is 0 Å². The molecule has 10 heteroatoms. The van der Waals surface area contributed by atoms with Crippen molar-refractivity contribution in [1.82, 2.24) is 0 Å². The topological polar surface area (TPSA) is 82.1 Å². The SMILES string of the molecule is CCOC(C)=O.COc1ccccc1N(CC(=O)OC(C)(C)C)C(=O)C(F)(F)F. The fraction of sp³-hybridized carbons (Fsp3) is 0.526. The number of rotatable bonds is 5. The lowest BCUT2D eigenvalue weighted by molar-refractivity contribution is -0.171. The van der Waals surface area contributed by atoms with Gasteiger partial charge in [0.15, 0.2) is 0 Å². The normalized spacial score (nSPS) is 10.9. The van der Waals surface area contributed by atoms with Crippen LogP contribution in [0.5, 0.6) is 5.75 Å². The molecule has 0 saturated carbocycles. The quantitative estimate of drug-likeness (QED) is 0.677. The molecule has 0 spiro atoms. The second kappa shape index (κ2) is 11.3. The summed E-state index contributed by atoms with van der Waals surface area (Å²) in [7, 11) is 1.25. The van der Waals surface area contributed by atoms with Crippen molar-refractivity contribution in [3.05, 3.63) is 24.3 Å². The summed E-state index contributed by atoms with van der Waals surface area (Å²) in [6, 6.07) is 5.61. The van der Waals surface area contributed by atoms with E-state index in [1.54, 1.807) is 27.7 Å². The summed E-state index contributed by atoms with van der Waals surface area (Å²) in [6.07, 6.45) is -5.14. The van der Waals surface area contributed by atoms with Gasteiger partial charge in [-0.2, -0.15) is 13.2 Å². The molecule has 0 unspecified atom stereocenters. The third-order valence-electron chi connectivity index (χ3n) is 2.92. The highest BCUT2D eigenvalue weighted by atomic mass is 19.4. The molecule has 164 valence electrons. The van der Waals surface area contributed by atoms with Gasteiger partial charge in [0.1, 0.15) is 17.9 Å². The maximum Gasteiger partial charge on any atom is 0.471 e. The minimum absolute atomic E-state index is 0.0358. The zero-order chi connectivity index (χ0) is 22.8. The molecule has 29 heavy (non-hydrogen) atoms. The van der Waals surface area contributed by atoms with E-state index < -0.39 is 30.2 Å². The Labute approximate surface area is 167 Å². The number of ether oxygens (including phenoxy) is 3. The van der Waals surface area contributed by atoms with Crippen LogP contribution < -0.4 is 9.64 Å². The van der Waals surface area contributed by atoms with Gasteiger partial charge in [0.25, 0.3) is 0 Å². The largest absolute Gasteiger partial charge is 0.495 e. The number of halogens is 3. The van der Waals surface area contributed by atoms with Crippen LogP contribution in [0.15, 0.2) is 24.3 Å². The fourth-order valence-corrected chi connectivity index (χ4v) is 1.98. The predicted octanol–water partition coefficient (Wildman–Crippen LogP) is 3.50. The van der Waals surface area contributed by atoms with Crippen LogP contribution in [0.3, 0.4) is 0 Å². The molecule has 1 aromatic carbocycles. The number of hydrogen-bond acceptors (Lipinski definition) is 6. The van der Waals surface area contributed by atoms with E-state index in [0.29, 0.717) is 11.5 Å². The molecule has 0 aromatic heterocycles. The molecule has 1 amide bonds. The number of carbonyl (C=O) groups is 3. The van der Waals surface area contributed by atoms with Gasteiger partial charge in [-0.05, 0) is 39.8 Å². The molecule has 1 aromatic rings. The average Bonchev–Trinajstić information content (AvgIpc) is 2.57. The Balaban J connectivity index is 0.00000113. The van der Waals surface area contributed by atoms with Gasteiger partial charge in [-0.1, -0.05) is 12.1 Å². The summed E-state index contributed by atoms with van der Waals surface area (Å²) in [6.45, 7) is 7.49. The Morgan fingerprint density at radius 3 is 2.00 bits per heavy atom. The highest BCUT2D eigenvalue weighted by Crippen LogP contribution is 2.31. The van der Waals surface area contributed by atoms with E-state index in [0.717, 1.165) is 0 Å².